The van der Waals surface area contributed by atoms with E-state index in [1.807, 2.05) is 31.2 Å². The van der Waals surface area contributed by atoms with Gasteiger partial charge in [-0.3, -0.25) is 15.1 Å². The zero-order valence-electron chi connectivity index (χ0n) is 8.83. The lowest BCUT2D eigenvalue weighted by molar-refractivity contribution is -0.120. The summed E-state index contributed by atoms with van der Waals surface area (Å²) in [5.74, 6) is 0.479. The summed E-state index contributed by atoms with van der Waals surface area (Å²) in [5.41, 5.74) is 0.918. The van der Waals surface area contributed by atoms with Gasteiger partial charge in [0.1, 0.15) is 6.04 Å². The van der Waals surface area contributed by atoms with E-state index in [0.717, 1.165) is 10.0 Å². The number of nitrogens with zero attached hydrogens (tertiary/aromatic N) is 1. The standard InChI is InChI=1S/C11H12BrN3O/c1-2-13-11-14-9(10(16)15-11)7-5-3-4-6-8(7)12/h3-6,9H,2H2,1H3,(H2,13,14,15,16). The van der Waals surface area contributed by atoms with Crippen molar-refractivity contribution >= 4 is 27.8 Å². The molecule has 5 heteroatoms. The maximum atomic E-state index is 11.7. The van der Waals surface area contributed by atoms with E-state index in [0.29, 0.717) is 12.5 Å². The number of nitrogens with one attached hydrogen (secondary N) is 2. The van der Waals surface area contributed by atoms with Gasteiger partial charge in [0.05, 0.1) is 0 Å². The molecule has 2 N–H and O–H groups in total. The highest BCUT2D eigenvalue weighted by Crippen LogP contribution is 2.24. The van der Waals surface area contributed by atoms with Gasteiger partial charge >= 0.3 is 0 Å². The fraction of sp³-hybridized carbons (Fsp3) is 0.273. The van der Waals surface area contributed by atoms with Crippen LogP contribution in [0.2, 0.25) is 0 Å². The Balaban J connectivity index is 2.27. The smallest absolute Gasteiger partial charge is 0.253 e. The van der Waals surface area contributed by atoms with E-state index in [-0.39, 0.29) is 11.9 Å². The highest BCUT2D eigenvalue weighted by atomic mass is 79.9. The number of carbonyl (C=O) groups is 1. The van der Waals surface area contributed by atoms with Gasteiger partial charge in [0.25, 0.3) is 5.91 Å². The van der Waals surface area contributed by atoms with Crippen LogP contribution in [-0.2, 0) is 4.79 Å². The largest absolute Gasteiger partial charge is 0.340 e. The zero-order chi connectivity index (χ0) is 11.5. The highest BCUT2D eigenvalue weighted by Gasteiger charge is 2.30. The average Bonchev–Trinajstić information content (AvgIpc) is 2.61. The van der Waals surface area contributed by atoms with Crippen molar-refractivity contribution in [2.75, 3.05) is 6.54 Å². The molecule has 0 saturated carbocycles. The maximum absolute atomic E-state index is 11.7. The van der Waals surface area contributed by atoms with Crippen LogP contribution >= 0.6 is 15.9 Å². The van der Waals surface area contributed by atoms with Crippen molar-refractivity contribution in [2.24, 2.45) is 4.99 Å². The Kier molecular flexibility index (Phi) is 3.24. The minimum Gasteiger partial charge on any atom is -0.340 e. The predicted octanol–water partition coefficient (Wildman–Crippen LogP) is 1.59. The van der Waals surface area contributed by atoms with Crippen LogP contribution in [0.25, 0.3) is 0 Å². The Labute approximate surface area is 102 Å². The van der Waals surface area contributed by atoms with Crippen molar-refractivity contribution in [2.45, 2.75) is 13.0 Å². The fourth-order valence-corrected chi connectivity index (χ4v) is 2.11. The molecule has 1 atom stereocenters. The monoisotopic (exact) mass is 281 g/mol. The molecule has 2 rings (SSSR count). The SMILES string of the molecule is CCN=C1NC(=O)C(c2ccccc2Br)N1. The molecular formula is C11H12BrN3O. The number of hydrogen-bond donors (Lipinski definition) is 2. The molecule has 0 radical (unpaired) electrons. The quantitative estimate of drug-likeness (QED) is 0.865. The van der Waals surface area contributed by atoms with Gasteiger partial charge in [0.2, 0.25) is 0 Å². The van der Waals surface area contributed by atoms with Gasteiger partial charge in [-0.15, -0.1) is 0 Å². The first-order valence-corrected chi connectivity index (χ1v) is 5.88. The molecule has 0 aliphatic carbocycles. The molecule has 16 heavy (non-hydrogen) atoms. The van der Waals surface area contributed by atoms with Crippen molar-refractivity contribution < 1.29 is 4.79 Å². The van der Waals surface area contributed by atoms with Crippen molar-refractivity contribution in [1.29, 1.82) is 0 Å². The molecule has 1 amide bonds. The summed E-state index contributed by atoms with van der Waals surface area (Å²) < 4.78 is 0.917. The molecule has 1 aliphatic heterocycles. The molecule has 1 aliphatic rings. The van der Waals surface area contributed by atoms with Crippen LogP contribution in [0.15, 0.2) is 33.7 Å². The lowest BCUT2D eigenvalue weighted by Crippen LogP contribution is -2.25. The van der Waals surface area contributed by atoms with Crippen molar-refractivity contribution in [3.63, 3.8) is 0 Å². The van der Waals surface area contributed by atoms with Crippen molar-refractivity contribution in [3.05, 3.63) is 34.3 Å². The van der Waals surface area contributed by atoms with Gasteiger partial charge in [0, 0.05) is 11.0 Å². The van der Waals surface area contributed by atoms with Crippen LogP contribution in [0.1, 0.15) is 18.5 Å². The summed E-state index contributed by atoms with van der Waals surface area (Å²) in [6, 6.07) is 7.29. The van der Waals surface area contributed by atoms with Gasteiger partial charge < -0.3 is 5.32 Å². The number of amides is 1. The Morgan fingerprint density at radius 2 is 2.19 bits per heavy atom. The third-order valence-electron chi connectivity index (χ3n) is 2.32. The summed E-state index contributed by atoms with van der Waals surface area (Å²) in [4.78, 5) is 15.9. The number of rotatable bonds is 2. The first kappa shape index (κ1) is 11.1. The average molecular weight is 282 g/mol. The minimum absolute atomic E-state index is 0.0703. The van der Waals surface area contributed by atoms with Gasteiger partial charge in [-0.25, -0.2) is 0 Å². The van der Waals surface area contributed by atoms with Crippen LogP contribution in [0.5, 0.6) is 0 Å². The molecule has 1 unspecified atom stereocenters. The number of carbonyl (C=O) groups excluding carboxylic acids is 1. The van der Waals surface area contributed by atoms with Gasteiger partial charge in [-0.05, 0) is 18.6 Å². The lowest BCUT2D eigenvalue weighted by Gasteiger charge is -2.09. The summed E-state index contributed by atoms with van der Waals surface area (Å²) in [5, 5.41) is 5.77. The Hall–Kier alpha value is -1.36. The van der Waals surface area contributed by atoms with Gasteiger partial charge in [-0.1, -0.05) is 34.1 Å². The zero-order valence-corrected chi connectivity index (χ0v) is 10.4. The molecule has 1 fully saturated rings. The molecular weight excluding hydrogens is 270 g/mol. The predicted molar refractivity (Wildman–Crippen MR) is 66.1 cm³/mol. The van der Waals surface area contributed by atoms with E-state index in [1.54, 1.807) is 0 Å². The topological polar surface area (TPSA) is 53.5 Å². The Morgan fingerprint density at radius 1 is 1.44 bits per heavy atom. The molecule has 0 aromatic heterocycles. The van der Waals surface area contributed by atoms with E-state index in [1.165, 1.54) is 0 Å². The third kappa shape index (κ3) is 2.09. The van der Waals surface area contributed by atoms with Crippen LogP contribution < -0.4 is 10.6 Å². The number of guanidine groups is 1. The second kappa shape index (κ2) is 4.65. The minimum atomic E-state index is -0.360. The number of benzene rings is 1. The summed E-state index contributed by atoms with van der Waals surface area (Å²) in [6.45, 7) is 2.57. The van der Waals surface area contributed by atoms with Crippen LogP contribution in [0.4, 0.5) is 0 Å². The van der Waals surface area contributed by atoms with E-state index >= 15 is 0 Å². The molecule has 1 aromatic carbocycles. The number of hydrogen-bond acceptors (Lipinski definition) is 2. The Bertz CT molecular complexity index is 445. The molecule has 84 valence electrons. The van der Waals surface area contributed by atoms with Gasteiger partial charge in [0.15, 0.2) is 5.96 Å². The lowest BCUT2D eigenvalue weighted by atomic mass is 10.1. The van der Waals surface area contributed by atoms with E-state index in [2.05, 4.69) is 31.6 Å². The van der Waals surface area contributed by atoms with Gasteiger partial charge in [-0.2, -0.15) is 0 Å². The highest BCUT2D eigenvalue weighted by molar-refractivity contribution is 9.10. The third-order valence-corrected chi connectivity index (χ3v) is 3.04. The van der Waals surface area contributed by atoms with Crippen LogP contribution in [0, 0.1) is 0 Å². The normalized spacial score (nSPS) is 22.0. The van der Waals surface area contributed by atoms with E-state index in [4.69, 9.17) is 0 Å². The first-order chi connectivity index (χ1) is 7.72. The molecule has 4 nitrogen and oxygen atoms in total. The fourth-order valence-electron chi connectivity index (χ4n) is 1.60. The molecule has 1 aromatic rings. The first-order valence-electron chi connectivity index (χ1n) is 5.08. The second-order valence-corrected chi connectivity index (χ2v) is 4.27. The van der Waals surface area contributed by atoms with E-state index in [9.17, 15) is 4.79 Å². The number of aliphatic imine (C=N–C) groups is 1. The second-order valence-electron chi connectivity index (χ2n) is 3.41. The Morgan fingerprint density at radius 3 is 2.88 bits per heavy atom. The van der Waals surface area contributed by atoms with Crippen molar-refractivity contribution in [1.82, 2.24) is 10.6 Å². The number of halogens is 1. The summed E-state index contributed by atoms with van der Waals surface area (Å²) in [6.07, 6.45) is 0. The summed E-state index contributed by atoms with van der Waals surface area (Å²) in [7, 11) is 0. The van der Waals surface area contributed by atoms with Crippen LogP contribution in [0.3, 0.4) is 0 Å². The molecule has 0 spiro atoms. The molecule has 1 heterocycles. The summed E-state index contributed by atoms with van der Waals surface area (Å²) >= 11 is 3.43. The van der Waals surface area contributed by atoms with E-state index < -0.39 is 0 Å². The molecule has 0 bridgehead atoms. The maximum Gasteiger partial charge on any atom is 0.253 e. The van der Waals surface area contributed by atoms with Crippen LogP contribution in [-0.4, -0.2) is 18.4 Å². The van der Waals surface area contributed by atoms with Crippen molar-refractivity contribution in [3.8, 4) is 0 Å². The molecule has 1 saturated heterocycles.